The third-order valence-corrected chi connectivity index (χ3v) is 2.54. The van der Waals surface area contributed by atoms with Crippen LogP contribution >= 0.6 is 11.6 Å². The molecule has 0 saturated carbocycles. The summed E-state index contributed by atoms with van der Waals surface area (Å²) in [7, 11) is 0. The summed E-state index contributed by atoms with van der Waals surface area (Å²) >= 11 is 5.60. The zero-order chi connectivity index (χ0) is 15.2. The van der Waals surface area contributed by atoms with Crippen LogP contribution in [0.25, 0.3) is 0 Å². The number of halogens is 2. The third kappa shape index (κ3) is 4.32. The minimum Gasteiger partial charge on any atom is -0.436 e. The molecule has 21 heavy (non-hydrogen) atoms. The summed E-state index contributed by atoms with van der Waals surface area (Å²) in [5.41, 5.74) is 0. The van der Waals surface area contributed by atoms with Gasteiger partial charge in [-0.3, -0.25) is 9.78 Å². The van der Waals surface area contributed by atoms with Crippen molar-refractivity contribution in [3.8, 4) is 17.4 Å². The summed E-state index contributed by atoms with van der Waals surface area (Å²) in [6, 6.07) is 7.15. The molecule has 0 fully saturated rings. The second-order valence-electron chi connectivity index (χ2n) is 3.91. The summed E-state index contributed by atoms with van der Waals surface area (Å²) in [4.78, 5) is 24.0. The molecule has 0 unspecified atom stereocenters. The van der Waals surface area contributed by atoms with Gasteiger partial charge in [0.25, 0.3) is 5.88 Å². The number of aromatic nitrogens is 1. The Kier molecular flexibility index (Phi) is 4.94. The Labute approximate surface area is 125 Å². The van der Waals surface area contributed by atoms with Gasteiger partial charge < -0.3 is 4.74 Å². The van der Waals surface area contributed by atoms with Crippen LogP contribution in [0.5, 0.6) is 17.4 Å². The smallest absolute Gasteiger partial charge is 0.355 e. The molecule has 5 nitrogen and oxygen atoms in total. The van der Waals surface area contributed by atoms with Gasteiger partial charge in [-0.05, 0) is 30.3 Å². The summed E-state index contributed by atoms with van der Waals surface area (Å²) in [6.45, 7) is 1.65. The van der Waals surface area contributed by atoms with Crippen LogP contribution in [0, 0.1) is 5.82 Å². The Hall–Kier alpha value is -2.34. The normalized spacial score (nSPS) is 10.0. The first kappa shape index (κ1) is 15.1. The number of nitrogens with zero attached hydrogens (tertiary/aromatic N) is 1. The van der Waals surface area contributed by atoms with Crippen molar-refractivity contribution in [2.24, 2.45) is 0 Å². The predicted molar refractivity (Wildman–Crippen MR) is 72.7 cm³/mol. The molecule has 0 bridgehead atoms. The summed E-state index contributed by atoms with van der Waals surface area (Å²) in [5, 5.41) is 0.182. The van der Waals surface area contributed by atoms with E-state index in [1.165, 1.54) is 30.5 Å². The molecule has 0 N–H and O–H groups in total. The number of carbonyl (C=O) groups excluding carboxylic acids is 1. The Balaban J connectivity index is 2.00. The van der Waals surface area contributed by atoms with Gasteiger partial charge in [-0.1, -0.05) is 18.5 Å². The van der Waals surface area contributed by atoms with Crippen LogP contribution in [0.1, 0.15) is 13.3 Å². The second-order valence-corrected chi connectivity index (χ2v) is 4.34. The number of rotatable bonds is 5. The van der Waals surface area contributed by atoms with E-state index >= 15 is 0 Å². The molecule has 0 atom stereocenters. The fraction of sp³-hybridized carbons (Fsp3) is 0.143. The first-order valence-corrected chi connectivity index (χ1v) is 6.42. The summed E-state index contributed by atoms with van der Waals surface area (Å²) in [5.74, 6) is -0.681. The van der Waals surface area contributed by atoms with E-state index in [4.69, 9.17) is 21.2 Å². The topological polar surface area (TPSA) is 57.7 Å². The van der Waals surface area contributed by atoms with Crippen LogP contribution in [0.15, 0.2) is 36.5 Å². The van der Waals surface area contributed by atoms with Crippen LogP contribution in [0.2, 0.25) is 5.02 Å². The monoisotopic (exact) mass is 311 g/mol. The van der Waals surface area contributed by atoms with E-state index in [-0.39, 0.29) is 17.3 Å². The van der Waals surface area contributed by atoms with E-state index in [0.717, 1.165) is 6.07 Å². The van der Waals surface area contributed by atoms with Crippen LogP contribution < -0.4 is 9.62 Å². The first-order valence-electron chi connectivity index (χ1n) is 6.05. The molecule has 1 heterocycles. The van der Waals surface area contributed by atoms with Crippen molar-refractivity contribution in [3.63, 3.8) is 0 Å². The molecule has 0 aliphatic heterocycles. The number of hydrogen-bond acceptors (Lipinski definition) is 5. The van der Waals surface area contributed by atoms with Crippen LogP contribution in [-0.4, -0.2) is 11.0 Å². The average Bonchev–Trinajstić information content (AvgIpc) is 2.49. The fourth-order valence-electron chi connectivity index (χ4n) is 1.31. The molecular formula is C14H11ClFNO4. The van der Waals surface area contributed by atoms with Crippen molar-refractivity contribution in [1.29, 1.82) is 0 Å². The molecule has 0 spiro atoms. The van der Waals surface area contributed by atoms with Crippen molar-refractivity contribution < 1.29 is 23.7 Å². The van der Waals surface area contributed by atoms with Gasteiger partial charge in [0.15, 0.2) is 11.6 Å². The van der Waals surface area contributed by atoms with Crippen LogP contribution in [-0.2, 0) is 9.68 Å². The highest BCUT2D eigenvalue weighted by Gasteiger charge is 2.08. The Morgan fingerprint density at radius 3 is 2.57 bits per heavy atom. The molecule has 1 aromatic heterocycles. The zero-order valence-electron chi connectivity index (χ0n) is 11.0. The van der Waals surface area contributed by atoms with E-state index in [1.54, 1.807) is 6.92 Å². The summed E-state index contributed by atoms with van der Waals surface area (Å²) in [6.07, 6.45) is 1.49. The minimum atomic E-state index is -0.667. The van der Waals surface area contributed by atoms with E-state index in [2.05, 4.69) is 9.87 Å². The lowest BCUT2D eigenvalue weighted by Gasteiger charge is -2.07. The number of benzene rings is 1. The molecule has 0 amide bonds. The highest BCUT2D eigenvalue weighted by atomic mass is 35.5. The molecule has 0 saturated heterocycles. The van der Waals surface area contributed by atoms with E-state index in [1.807, 2.05) is 0 Å². The van der Waals surface area contributed by atoms with Gasteiger partial charge in [-0.2, -0.15) is 0 Å². The van der Waals surface area contributed by atoms with Gasteiger partial charge >= 0.3 is 5.97 Å². The Morgan fingerprint density at radius 2 is 1.95 bits per heavy atom. The lowest BCUT2D eigenvalue weighted by molar-refractivity contribution is -0.213. The third-order valence-electron chi connectivity index (χ3n) is 2.33. The fourth-order valence-corrected chi connectivity index (χ4v) is 1.45. The SMILES string of the molecule is CCC(=O)OOc1ccc(Oc2ncc(Cl)cc2F)cc1. The zero-order valence-corrected chi connectivity index (χ0v) is 11.8. The van der Waals surface area contributed by atoms with Crippen LogP contribution in [0.3, 0.4) is 0 Å². The minimum absolute atomic E-state index is 0.182. The average molecular weight is 312 g/mol. The van der Waals surface area contributed by atoms with Gasteiger partial charge in [0.05, 0.1) is 5.02 Å². The maximum absolute atomic E-state index is 13.5. The van der Waals surface area contributed by atoms with E-state index in [9.17, 15) is 9.18 Å². The van der Waals surface area contributed by atoms with Crippen molar-refractivity contribution in [3.05, 3.63) is 47.4 Å². The van der Waals surface area contributed by atoms with Gasteiger partial charge in [-0.25, -0.2) is 14.2 Å². The van der Waals surface area contributed by atoms with E-state index in [0.29, 0.717) is 11.5 Å². The van der Waals surface area contributed by atoms with Crippen LogP contribution in [0.4, 0.5) is 4.39 Å². The predicted octanol–water partition coefficient (Wildman–Crippen LogP) is 3.91. The van der Waals surface area contributed by atoms with E-state index < -0.39 is 11.8 Å². The molecular weight excluding hydrogens is 301 g/mol. The Bertz CT molecular complexity index is 633. The van der Waals surface area contributed by atoms with Gasteiger partial charge in [0.1, 0.15) is 5.75 Å². The molecule has 2 aromatic rings. The standard InChI is InChI=1S/C14H11ClFNO4/c1-2-13(18)21-20-11-5-3-10(4-6-11)19-14-12(16)7-9(15)8-17-14/h3-8H,2H2,1H3. The maximum atomic E-state index is 13.5. The lowest BCUT2D eigenvalue weighted by Crippen LogP contribution is -2.05. The molecule has 0 radical (unpaired) electrons. The lowest BCUT2D eigenvalue weighted by atomic mass is 10.3. The summed E-state index contributed by atoms with van der Waals surface area (Å²) < 4.78 is 18.8. The van der Waals surface area contributed by atoms with Gasteiger partial charge in [0, 0.05) is 12.6 Å². The maximum Gasteiger partial charge on any atom is 0.355 e. The molecule has 0 aliphatic rings. The molecule has 1 aromatic carbocycles. The molecule has 0 aliphatic carbocycles. The van der Waals surface area contributed by atoms with Crippen molar-refractivity contribution in [2.45, 2.75) is 13.3 Å². The Morgan fingerprint density at radius 1 is 1.29 bits per heavy atom. The highest BCUT2D eigenvalue weighted by Crippen LogP contribution is 2.25. The number of ether oxygens (including phenoxy) is 1. The molecule has 110 valence electrons. The largest absolute Gasteiger partial charge is 0.436 e. The number of carbonyl (C=O) groups is 1. The van der Waals surface area contributed by atoms with Crippen molar-refractivity contribution >= 4 is 17.6 Å². The molecule has 7 heteroatoms. The van der Waals surface area contributed by atoms with Gasteiger partial charge in [-0.15, -0.1) is 0 Å². The first-order chi connectivity index (χ1) is 10.1. The van der Waals surface area contributed by atoms with Crippen molar-refractivity contribution in [1.82, 2.24) is 4.98 Å². The quantitative estimate of drug-likeness (QED) is 0.619. The second kappa shape index (κ2) is 6.90. The van der Waals surface area contributed by atoms with Gasteiger partial charge in [0.2, 0.25) is 0 Å². The highest BCUT2D eigenvalue weighted by molar-refractivity contribution is 6.30. The number of hydrogen-bond donors (Lipinski definition) is 0. The van der Waals surface area contributed by atoms with Crippen molar-refractivity contribution in [2.75, 3.05) is 0 Å². The number of pyridine rings is 1. The molecule has 2 rings (SSSR count).